The lowest BCUT2D eigenvalue weighted by Crippen LogP contribution is -2.36. The normalized spacial score (nSPS) is 15.2. The summed E-state index contributed by atoms with van der Waals surface area (Å²) in [6.45, 7) is 5.36. The summed E-state index contributed by atoms with van der Waals surface area (Å²) in [6, 6.07) is 8.12. The van der Waals surface area contributed by atoms with Crippen LogP contribution in [-0.2, 0) is 11.2 Å². The molecule has 0 saturated carbocycles. The van der Waals surface area contributed by atoms with Gasteiger partial charge in [0, 0.05) is 37.2 Å². The van der Waals surface area contributed by atoms with E-state index >= 15 is 0 Å². The Balaban J connectivity index is 1.58. The second-order valence-electron chi connectivity index (χ2n) is 5.95. The lowest BCUT2D eigenvalue weighted by Gasteiger charge is -2.23. The Morgan fingerprint density at radius 1 is 1.21 bits per heavy atom. The maximum absolute atomic E-state index is 12.5. The molecule has 5 nitrogen and oxygen atoms in total. The minimum Gasteiger partial charge on any atom is -0.497 e. The van der Waals surface area contributed by atoms with Gasteiger partial charge in [-0.25, -0.2) is 4.98 Å². The molecule has 3 rings (SSSR count). The van der Waals surface area contributed by atoms with Crippen LogP contribution in [0.5, 0.6) is 5.75 Å². The largest absolute Gasteiger partial charge is 0.497 e. The zero-order valence-corrected chi connectivity index (χ0v) is 15.0. The Labute approximate surface area is 146 Å². The van der Waals surface area contributed by atoms with Crippen LogP contribution >= 0.6 is 11.3 Å². The third-order valence-corrected chi connectivity index (χ3v) is 5.11. The fourth-order valence-electron chi connectivity index (χ4n) is 2.97. The monoisotopic (exact) mass is 345 g/mol. The summed E-state index contributed by atoms with van der Waals surface area (Å²) in [5.41, 5.74) is 2.07. The van der Waals surface area contributed by atoms with Crippen molar-refractivity contribution in [3.8, 4) is 5.75 Å². The minimum absolute atomic E-state index is 0.178. The van der Waals surface area contributed by atoms with Crippen LogP contribution in [0.3, 0.4) is 0 Å². The summed E-state index contributed by atoms with van der Waals surface area (Å²) >= 11 is 1.60. The van der Waals surface area contributed by atoms with E-state index < -0.39 is 0 Å². The molecule has 0 unspecified atom stereocenters. The van der Waals surface area contributed by atoms with Crippen LogP contribution in [0, 0.1) is 6.92 Å². The molecule has 1 aromatic heterocycles. The van der Waals surface area contributed by atoms with Gasteiger partial charge in [-0.05, 0) is 37.6 Å². The van der Waals surface area contributed by atoms with Crippen LogP contribution < -0.4 is 9.64 Å². The van der Waals surface area contributed by atoms with Crippen LogP contribution in [0.1, 0.15) is 17.1 Å². The fourth-order valence-corrected chi connectivity index (χ4v) is 3.59. The molecule has 0 aliphatic carbocycles. The van der Waals surface area contributed by atoms with E-state index in [1.165, 1.54) is 5.69 Å². The second kappa shape index (κ2) is 7.66. The lowest BCUT2D eigenvalue weighted by atomic mass is 10.2. The first-order chi connectivity index (χ1) is 11.7. The highest BCUT2D eigenvalue weighted by molar-refractivity contribution is 7.09. The SMILES string of the molecule is COc1ccc(N2CCCN(C(=O)Cc3csc(C)n3)CC2)cc1. The quantitative estimate of drug-likeness (QED) is 0.855. The number of aryl methyl sites for hydroxylation is 1. The summed E-state index contributed by atoms with van der Waals surface area (Å²) in [5, 5.41) is 2.99. The van der Waals surface area contributed by atoms with E-state index in [0.29, 0.717) is 6.42 Å². The maximum Gasteiger partial charge on any atom is 0.228 e. The number of methoxy groups -OCH3 is 1. The number of hydrogen-bond donors (Lipinski definition) is 0. The number of ether oxygens (including phenoxy) is 1. The fraction of sp³-hybridized carbons (Fsp3) is 0.444. The van der Waals surface area contributed by atoms with Crippen molar-refractivity contribution < 1.29 is 9.53 Å². The van der Waals surface area contributed by atoms with Crippen LogP contribution in [0.25, 0.3) is 0 Å². The maximum atomic E-state index is 12.5. The third-order valence-electron chi connectivity index (χ3n) is 4.29. The number of anilines is 1. The molecule has 1 aliphatic rings. The Kier molecular flexibility index (Phi) is 5.35. The van der Waals surface area contributed by atoms with E-state index in [1.807, 2.05) is 29.3 Å². The molecule has 0 radical (unpaired) electrons. The number of benzene rings is 1. The molecule has 0 bridgehead atoms. The van der Waals surface area contributed by atoms with Gasteiger partial charge in [0.25, 0.3) is 0 Å². The van der Waals surface area contributed by atoms with Crippen LogP contribution in [0.2, 0.25) is 0 Å². The van der Waals surface area contributed by atoms with E-state index in [1.54, 1.807) is 18.4 Å². The molecule has 0 N–H and O–H groups in total. The Morgan fingerprint density at radius 2 is 2.00 bits per heavy atom. The molecule has 6 heteroatoms. The van der Waals surface area contributed by atoms with Gasteiger partial charge in [0.15, 0.2) is 0 Å². The number of aromatic nitrogens is 1. The van der Waals surface area contributed by atoms with Crippen molar-refractivity contribution in [2.24, 2.45) is 0 Å². The highest BCUT2D eigenvalue weighted by Gasteiger charge is 2.20. The molecule has 1 amide bonds. The van der Waals surface area contributed by atoms with Crippen molar-refractivity contribution >= 4 is 22.9 Å². The highest BCUT2D eigenvalue weighted by atomic mass is 32.1. The number of nitrogens with zero attached hydrogens (tertiary/aromatic N) is 3. The van der Waals surface area contributed by atoms with Crippen molar-refractivity contribution in [1.29, 1.82) is 0 Å². The Hall–Kier alpha value is -2.08. The molecular formula is C18H23N3O2S. The van der Waals surface area contributed by atoms with Gasteiger partial charge in [-0.3, -0.25) is 4.79 Å². The van der Waals surface area contributed by atoms with Gasteiger partial charge >= 0.3 is 0 Å². The molecule has 1 fully saturated rings. The van der Waals surface area contributed by atoms with E-state index in [2.05, 4.69) is 22.0 Å². The average Bonchev–Trinajstić information content (AvgIpc) is 2.86. The molecule has 0 spiro atoms. The van der Waals surface area contributed by atoms with Crippen LogP contribution in [-0.4, -0.2) is 49.1 Å². The molecule has 2 heterocycles. The first-order valence-electron chi connectivity index (χ1n) is 8.23. The first-order valence-corrected chi connectivity index (χ1v) is 9.11. The van der Waals surface area contributed by atoms with Crippen LogP contribution in [0.15, 0.2) is 29.6 Å². The second-order valence-corrected chi connectivity index (χ2v) is 7.02. The van der Waals surface area contributed by atoms with Gasteiger partial charge in [-0.2, -0.15) is 0 Å². The van der Waals surface area contributed by atoms with Crippen molar-refractivity contribution in [2.45, 2.75) is 19.8 Å². The zero-order valence-electron chi connectivity index (χ0n) is 14.2. The average molecular weight is 345 g/mol. The van der Waals surface area contributed by atoms with Crippen molar-refractivity contribution in [1.82, 2.24) is 9.88 Å². The smallest absolute Gasteiger partial charge is 0.228 e. The van der Waals surface area contributed by atoms with Gasteiger partial charge in [-0.15, -0.1) is 11.3 Å². The summed E-state index contributed by atoms with van der Waals surface area (Å²) < 4.78 is 5.21. The van der Waals surface area contributed by atoms with Gasteiger partial charge in [0.05, 0.1) is 24.2 Å². The summed E-state index contributed by atoms with van der Waals surface area (Å²) in [5.74, 6) is 1.04. The number of amides is 1. The van der Waals surface area contributed by atoms with E-state index in [0.717, 1.165) is 49.1 Å². The van der Waals surface area contributed by atoms with Crippen molar-refractivity contribution in [2.75, 3.05) is 38.2 Å². The standard InChI is InChI=1S/C18H23N3O2S/c1-14-19-15(13-24-14)12-18(22)21-9-3-8-20(10-11-21)16-4-6-17(23-2)7-5-16/h4-7,13H,3,8-12H2,1-2H3. The predicted octanol–water partition coefficient (Wildman–Crippen LogP) is 2.74. The van der Waals surface area contributed by atoms with E-state index in [9.17, 15) is 4.79 Å². The van der Waals surface area contributed by atoms with Gasteiger partial charge < -0.3 is 14.5 Å². The number of carbonyl (C=O) groups excluding carboxylic acids is 1. The first kappa shape index (κ1) is 16.8. The van der Waals surface area contributed by atoms with Gasteiger partial charge in [0.1, 0.15) is 5.75 Å². The van der Waals surface area contributed by atoms with Crippen LogP contribution in [0.4, 0.5) is 5.69 Å². The Bertz CT molecular complexity index is 684. The number of hydrogen-bond acceptors (Lipinski definition) is 5. The van der Waals surface area contributed by atoms with Crippen molar-refractivity contribution in [3.63, 3.8) is 0 Å². The zero-order chi connectivity index (χ0) is 16.9. The molecule has 1 aliphatic heterocycles. The van der Waals surface area contributed by atoms with E-state index in [-0.39, 0.29) is 5.91 Å². The molecule has 128 valence electrons. The summed E-state index contributed by atoms with van der Waals surface area (Å²) in [7, 11) is 1.67. The minimum atomic E-state index is 0.178. The summed E-state index contributed by atoms with van der Waals surface area (Å²) in [6.07, 6.45) is 1.39. The highest BCUT2D eigenvalue weighted by Crippen LogP contribution is 2.21. The molecular weight excluding hydrogens is 322 g/mol. The molecule has 1 aromatic carbocycles. The van der Waals surface area contributed by atoms with Crippen molar-refractivity contribution in [3.05, 3.63) is 40.3 Å². The van der Waals surface area contributed by atoms with Gasteiger partial charge in [-0.1, -0.05) is 0 Å². The summed E-state index contributed by atoms with van der Waals surface area (Å²) in [4.78, 5) is 21.2. The lowest BCUT2D eigenvalue weighted by molar-refractivity contribution is -0.130. The molecule has 24 heavy (non-hydrogen) atoms. The molecule has 0 atom stereocenters. The molecule has 2 aromatic rings. The Morgan fingerprint density at radius 3 is 2.67 bits per heavy atom. The number of carbonyl (C=O) groups is 1. The topological polar surface area (TPSA) is 45.7 Å². The predicted molar refractivity (Wildman–Crippen MR) is 97.0 cm³/mol. The third kappa shape index (κ3) is 4.06. The number of rotatable bonds is 4. The van der Waals surface area contributed by atoms with Gasteiger partial charge in [0.2, 0.25) is 5.91 Å². The van der Waals surface area contributed by atoms with E-state index in [4.69, 9.17) is 4.74 Å². The molecule has 1 saturated heterocycles. The number of thiazole rings is 1.